The molecule has 1 fully saturated rings. The van der Waals surface area contributed by atoms with Crippen LogP contribution >= 0.6 is 0 Å². The zero-order valence-electron chi connectivity index (χ0n) is 8.31. The lowest BCUT2D eigenvalue weighted by molar-refractivity contribution is -0.215. The lowest BCUT2D eigenvalue weighted by Crippen LogP contribution is -2.12. The molecule has 1 aromatic rings. The maximum absolute atomic E-state index is 10.7. The van der Waals surface area contributed by atoms with Gasteiger partial charge in [-0.2, -0.15) is 4.89 Å². The van der Waals surface area contributed by atoms with Gasteiger partial charge in [-0.05, 0) is 24.0 Å². The first-order valence-electron chi connectivity index (χ1n) is 5.26. The fourth-order valence-electron chi connectivity index (χ4n) is 2.25. The van der Waals surface area contributed by atoms with Gasteiger partial charge in [-0.25, -0.2) is 0 Å². The summed E-state index contributed by atoms with van der Waals surface area (Å²) in [7, 11) is 0. The highest BCUT2D eigenvalue weighted by molar-refractivity contribution is 5.62. The molecule has 15 heavy (non-hydrogen) atoms. The van der Waals surface area contributed by atoms with E-state index in [2.05, 4.69) is 6.07 Å². The van der Waals surface area contributed by atoms with Crippen molar-refractivity contribution < 1.29 is 14.6 Å². The van der Waals surface area contributed by atoms with Gasteiger partial charge in [0.25, 0.3) is 0 Å². The lowest BCUT2D eigenvalue weighted by Gasteiger charge is -2.18. The molecule has 1 heterocycles. The predicted octanol–water partition coefficient (Wildman–Crippen LogP) is 1.86. The zero-order valence-corrected chi connectivity index (χ0v) is 8.31. The van der Waals surface area contributed by atoms with Crippen LogP contribution in [0.4, 0.5) is 0 Å². The molecule has 3 rings (SSSR count). The topological polar surface area (TPSA) is 35.5 Å². The van der Waals surface area contributed by atoms with E-state index in [-0.39, 0.29) is 5.92 Å². The zero-order chi connectivity index (χ0) is 10.3. The van der Waals surface area contributed by atoms with E-state index in [1.54, 1.807) is 0 Å². The quantitative estimate of drug-likeness (QED) is 0.545. The summed E-state index contributed by atoms with van der Waals surface area (Å²) in [6.45, 7) is 0.600. The molecular formula is C12H12O3. The average Bonchev–Trinajstić information content (AvgIpc) is 3.07. The van der Waals surface area contributed by atoms with Gasteiger partial charge >= 0.3 is 0 Å². The smallest absolute Gasteiger partial charge is 0.168 e. The van der Waals surface area contributed by atoms with Crippen LogP contribution in [0.3, 0.4) is 0 Å². The van der Waals surface area contributed by atoms with Crippen molar-refractivity contribution in [2.75, 3.05) is 6.61 Å². The molecule has 0 unspecified atom stereocenters. The van der Waals surface area contributed by atoms with Crippen LogP contribution in [-0.2, 0) is 16.1 Å². The van der Waals surface area contributed by atoms with Gasteiger partial charge in [-0.3, -0.25) is 0 Å². The molecule has 0 aromatic heterocycles. The number of carbonyl (C=O) groups excluding carboxylic acids is 1. The second-order valence-electron chi connectivity index (χ2n) is 4.12. The van der Waals surface area contributed by atoms with Crippen LogP contribution < -0.4 is 4.89 Å². The summed E-state index contributed by atoms with van der Waals surface area (Å²) in [6, 6.07) is 5.97. The fraction of sp³-hybridized carbons (Fsp3) is 0.417. The Bertz CT molecular complexity index is 400. The Labute approximate surface area is 87.9 Å². The van der Waals surface area contributed by atoms with E-state index in [0.717, 1.165) is 24.9 Å². The molecular weight excluding hydrogens is 192 g/mol. The van der Waals surface area contributed by atoms with Crippen LogP contribution in [-0.4, -0.2) is 12.9 Å². The van der Waals surface area contributed by atoms with Gasteiger partial charge in [0.2, 0.25) is 0 Å². The van der Waals surface area contributed by atoms with Gasteiger partial charge in [0.05, 0.1) is 6.61 Å². The minimum Gasteiger partial charge on any atom is -0.337 e. The Hall–Kier alpha value is -1.35. The van der Waals surface area contributed by atoms with Gasteiger partial charge < -0.3 is 9.68 Å². The monoisotopic (exact) mass is 204 g/mol. The van der Waals surface area contributed by atoms with Crippen molar-refractivity contribution in [3.63, 3.8) is 0 Å². The number of fused-ring (bicyclic) bond motifs is 1. The highest BCUT2D eigenvalue weighted by atomic mass is 17.2. The molecule has 1 aliphatic heterocycles. The van der Waals surface area contributed by atoms with Crippen LogP contribution in [0.25, 0.3) is 0 Å². The van der Waals surface area contributed by atoms with Crippen LogP contribution in [0, 0.1) is 5.92 Å². The number of hydrogen-bond acceptors (Lipinski definition) is 3. The summed E-state index contributed by atoms with van der Waals surface area (Å²) < 4.78 is 0. The molecule has 2 aliphatic rings. The third kappa shape index (κ3) is 1.43. The number of benzene rings is 1. The van der Waals surface area contributed by atoms with Gasteiger partial charge in [0.15, 0.2) is 5.75 Å². The van der Waals surface area contributed by atoms with E-state index in [0.29, 0.717) is 12.5 Å². The molecule has 1 aromatic carbocycles. The molecule has 3 heteroatoms. The van der Waals surface area contributed by atoms with Crippen molar-refractivity contribution in [1.82, 2.24) is 0 Å². The third-order valence-electron chi connectivity index (χ3n) is 3.17. The summed E-state index contributed by atoms with van der Waals surface area (Å²) in [5, 5.41) is 0. The van der Waals surface area contributed by atoms with E-state index >= 15 is 0 Å². The standard InChI is InChI=1S/C12H12O3/c13-7-8-6-11(8)9-2-1-3-12-10(9)4-5-14-15-12/h1-3,7-8,11H,4-6H2/t8-,11+/m0/s1. The minimum absolute atomic E-state index is 0.222. The van der Waals surface area contributed by atoms with Crippen molar-refractivity contribution in [2.24, 2.45) is 5.92 Å². The maximum Gasteiger partial charge on any atom is 0.168 e. The molecule has 2 atom stereocenters. The molecule has 78 valence electrons. The van der Waals surface area contributed by atoms with Crippen LogP contribution in [0.5, 0.6) is 5.75 Å². The fourth-order valence-corrected chi connectivity index (χ4v) is 2.25. The summed E-state index contributed by atoms with van der Waals surface area (Å²) in [5.74, 6) is 1.45. The molecule has 3 nitrogen and oxygen atoms in total. The van der Waals surface area contributed by atoms with Gasteiger partial charge in [-0.1, -0.05) is 12.1 Å². The molecule has 0 bridgehead atoms. The highest BCUT2D eigenvalue weighted by Crippen LogP contribution is 2.48. The minimum atomic E-state index is 0.222. The SMILES string of the molecule is O=C[C@@H]1C[C@H]1c1cccc2c1CCOO2. The number of carbonyl (C=O) groups is 1. The number of rotatable bonds is 2. The Balaban J connectivity index is 1.97. The normalized spacial score (nSPS) is 27.7. The Morgan fingerprint density at radius 2 is 2.33 bits per heavy atom. The van der Waals surface area contributed by atoms with E-state index in [9.17, 15) is 4.79 Å². The average molecular weight is 204 g/mol. The first kappa shape index (κ1) is 8.92. The second kappa shape index (κ2) is 3.35. The molecule has 0 N–H and O–H groups in total. The summed E-state index contributed by atoms with van der Waals surface area (Å²) in [5.41, 5.74) is 2.49. The van der Waals surface area contributed by atoms with E-state index in [1.807, 2.05) is 12.1 Å². The number of aldehydes is 1. The maximum atomic E-state index is 10.7. The van der Waals surface area contributed by atoms with E-state index in [1.165, 1.54) is 11.1 Å². The highest BCUT2D eigenvalue weighted by Gasteiger charge is 2.40. The summed E-state index contributed by atoms with van der Waals surface area (Å²) >= 11 is 0. The molecule has 0 radical (unpaired) electrons. The third-order valence-corrected chi connectivity index (χ3v) is 3.17. The Morgan fingerprint density at radius 1 is 1.40 bits per heavy atom. The van der Waals surface area contributed by atoms with Crippen molar-refractivity contribution in [3.05, 3.63) is 29.3 Å². The lowest BCUT2D eigenvalue weighted by atomic mass is 9.98. The van der Waals surface area contributed by atoms with Gasteiger partial charge in [0.1, 0.15) is 6.29 Å². The van der Waals surface area contributed by atoms with E-state index in [4.69, 9.17) is 9.78 Å². The Kier molecular flexibility index (Phi) is 1.99. The molecule has 0 amide bonds. The van der Waals surface area contributed by atoms with Crippen LogP contribution in [0.2, 0.25) is 0 Å². The van der Waals surface area contributed by atoms with E-state index < -0.39 is 0 Å². The Morgan fingerprint density at radius 3 is 3.13 bits per heavy atom. The second-order valence-corrected chi connectivity index (χ2v) is 4.12. The molecule has 1 aliphatic carbocycles. The van der Waals surface area contributed by atoms with Gasteiger partial charge in [0, 0.05) is 17.9 Å². The van der Waals surface area contributed by atoms with Crippen molar-refractivity contribution in [1.29, 1.82) is 0 Å². The first-order chi connectivity index (χ1) is 7.40. The van der Waals surface area contributed by atoms with Gasteiger partial charge in [-0.15, -0.1) is 0 Å². The largest absolute Gasteiger partial charge is 0.337 e. The molecule has 1 saturated carbocycles. The summed E-state index contributed by atoms with van der Waals surface area (Å²) in [4.78, 5) is 20.7. The first-order valence-corrected chi connectivity index (χ1v) is 5.26. The van der Waals surface area contributed by atoms with Crippen molar-refractivity contribution >= 4 is 6.29 Å². The molecule has 0 saturated heterocycles. The van der Waals surface area contributed by atoms with Crippen LogP contribution in [0.1, 0.15) is 23.5 Å². The summed E-state index contributed by atoms with van der Waals surface area (Å²) in [6.07, 6.45) is 2.93. The number of hydrogen-bond donors (Lipinski definition) is 0. The van der Waals surface area contributed by atoms with Crippen molar-refractivity contribution in [2.45, 2.75) is 18.8 Å². The van der Waals surface area contributed by atoms with Crippen LogP contribution in [0.15, 0.2) is 18.2 Å². The predicted molar refractivity (Wildman–Crippen MR) is 53.6 cm³/mol. The molecule has 0 spiro atoms. The van der Waals surface area contributed by atoms with Crippen molar-refractivity contribution in [3.8, 4) is 5.75 Å².